The molecule has 0 aliphatic rings. The number of hydrogen-bond acceptors (Lipinski definition) is 5. The predicted octanol–water partition coefficient (Wildman–Crippen LogP) is 4.11. The van der Waals surface area contributed by atoms with Crippen LogP contribution in [-0.2, 0) is 11.2 Å². The molecule has 0 aliphatic heterocycles. The maximum absolute atomic E-state index is 12.4. The largest absolute Gasteiger partial charge is 0.325 e. The van der Waals surface area contributed by atoms with Crippen molar-refractivity contribution >= 4 is 34.1 Å². The van der Waals surface area contributed by atoms with E-state index in [2.05, 4.69) is 39.9 Å². The second-order valence-electron chi connectivity index (χ2n) is 6.29. The number of fused-ring (bicyclic) bond motifs is 1. The van der Waals surface area contributed by atoms with Crippen molar-refractivity contribution in [2.45, 2.75) is 18.5 Å². The molecular weight excluding hydrogens is 370 g/mol. The average molecular weight is 389 g/mol. The average Bonchev–Trinajstić information content (AvgIpc) is 3.21. The van der Waals surface area contributed by atoms with Gasteiger partial charge in [-0.05, 0) is 57.4 Å². The smallest absolute Gasteiger partial charge is 0.234 e. The minimum atomic E-state index is -0.101. The van der Waals surface area contributed by atoms with Crippen molar-refractivity contribution in [2.75, 3.05) is 11.1 Å². The van der Waals surface area contributed by atoms with Crippen molar-refractivity contribution in [3.63, 3.8) is 0 Å². The van der Waals surface area contributed by atoms with Gasteiger partial charge in [-0.15, -0.1) is 5.10 Å². The van der Waals surface area contributed by atoms with Gasteiger partial charge in [-0.2, -0.15) is 4.68 Å². The van der Waals surface area contributed by atoms with E-state index in [9.17, 15) is 4.79 Å². The zero-order chi connectivity index (χ0) is 19.3. The minimum absolute atomic E-state index is 0.101. The molecular formula is C21H19N5OS. The molecule has 3 aromatic carbocycles. The van der Waals surface area contributed by atoms with Crippen molar-refractivity contribution < 1.29 is 4.79 Å². The molecule has 0 saturated carbocycles. The number of carbonyl (C=O) groups is 1. The number of hydrogen-bond donors (Lipinski definition) is 1. The number of carbonyl (C=O) groups excluding carboxylic acids is 1. The molecule has 7 heteroatoms. The van der Waals surface area contributed by atoms with E-state index in [0.717, 1.165) is 28.6 Å². The van der Waals surface area contributed by atoms with Gasteiger partial charge in [-0.25, -0.2) is 0 Å². The van der Waals surface area contributed by atoms with Crippen LogP contribution >= 0.6 is 11.8 Å². The van der Waals surface area contributed by atoms with Crippen LogP contribution < -0.4 is 5.32 Å². The fourth-order valence-corrected chi connectivity index (χ4v) is 3.59. The summed E-state index contributed by atoms with van der Waals surface area (Å²) in [5, 5.41) is 17.6. The number of amides is 1. The fourth-order valence-electron chi connectivity index (χ4n) is 2.90. The van der Waals surface area contributed by atoms with E-state index >= 15 is 0 Å². The van der Waals surface area contributed by atoms with Crippen LogP contribution in [0.25, 0.3) is 16.5 Å². The normalized spacial score (nSPS) is 10.9. The second kappa shape index (κ2) is 8.22. The van der Waals surface area contributed by atoms with E-state index in [1.807, 2.05) is 54.6 Å². The third-order valence-corrected chi connectivity index (χ3v) is 5.31. The standard InChI is InChI=1S/C21H19N5OS/c1-2-15-7-11-19(12-8-15)26-21(23-24-25-26)28-14-20(27)22-18-10-9-16-5-3-4-6-17(16)13-18/h3-13H,2,14H2,1H3,(H,22,27). The summed E-state index contributed by atoms with van der Waals surface area (Å²) < 4.78 is 1.65. The van der Waals surface area contributed by atoms with Crippen molar-refractivity contribution in [3.8, 4) is 5.69 Å². The zero-order valence-corrected chi connectivity index (χ0v) is 16.2. The van der Waals surface area contributed by atoms with Crippen LogP contribution in [0, 0.1) is 0 Å². The zero-order valence-electron chi connectivity index (χ0n) is 15.4. The molecule has 0 unspecified atom stereocenters. The van der Waals surface area contributed by atoms with Gasteiger partial charge in [0.05, 0.1) is 11.4 Å². The lowest BCUT2D eigenvalue weighted by Gasteiger charge is -2.07. The highest BCUT2D eigenvalue weighted by molar-refractivity contribution is 7.99. The summed E-state index contributed by atoms with van der Waals surface area (Å²) in [5.41, 5.74) is 2.90. The van der Waals surface area contributed by atoms with Crippen LogP contribution in [0.1, 0.15) is 12.5 Å². The van der Waals surface area contributed by atoms with Crippen molar-refractivity contribution in [2.24, 2.45) is 0 Å². The highest BCUT2D eigenvalue weighted by Crippen LogP contribution is 2.21. The Labute approximate surface area is 167 Å². The highest BCUT2D eigenvalue weighted by atomic mass is 32.2. The number of rotatable bonds is 6. The molecule has 4 aromatic rings. The first kappa shape index (κ1) is 18.2. The maximum Gasteiger partial charge on any atom is 0.234 e. The Kier molecular flexibility index (Phi) is 5.34. The number of aryl methyl sites for hydroxylation is 1. The summed E-state index contributed by atoms with van der Waals surface area (Å²) in [5.74, 6) is 0.122. The quantitative estimate of drug-likeness (QED) is 0.503. The lowest BCUT2D eigenvalue weighted by Crippen LogP contribution is -2.14. The minimum Gasteiger partial charge on any atom is -0.325 e. The molecule has 0 aliphatic carbocycles. The Morgan fingerprint density at radius 2 is 1.82 bits per heavy atom. The maximum atomic E-state index is 12.4. The van der Waals surface area contributed by atoms with Gasteiger partial charge in [0.1, 0.15) is 0 Å². The van der Waals surface area contributed by atoms with Gasteiger partial charge in [0.15, 0.2) is 0 Å². The molecule has 0 radical (unpaired) electrons. The Morgan fingerprint density at radius 1 is 1.04 bits per heavy atom. The molecule has 1 aromatic heterocycles. The van der Waals surface area contributed by atoms with Gasteiger partial charge in [0.2, 0.25) is 11.1 Å². The number of nitrogens with one attached hydrogen (secondary N) is 1. The van der Waals surface area contributed by atoms with Crippen molar-refractivity contribution in [1.82, 2.24) is 20.2 Å². The molecule has 1 N–H and O–H groups in total. The Bertz CT molecular complexity index is 1110. The van der Waals surface area contributed by atoms with E-state index in [0.29, 0.717) is 5.16 Å². The summed E-state index contributed by atoms with van der Waals surface area (Å²) in [6.07, 6.45) is 0.979. The molecule has 0 bridgehead atoms. The van der Waals surface area contributed by atoms with Crippen molar-refractivity contribution in [1.29, 1.82) is 0 Å². The number of aromatic nitrogens is 4. The summed E-state index contributed by atoms with van der Waals surface area (Å²) in [4.78, 5) is 12.4. The van der Waals surface area contributed by atoms with Crippen LogP contribution in [-0.4, -0.2) is 31.9 Å². The Hall–Kier alpha value is -3.19. The number of tetrazole rings is 1. The van der Waals surface area contributed by atoms with Crippen molar-refractivity contribution in [3.05, 3.63) is 72.3 Å². The van der Waals surface area contributed by atoms with Gasteiger partial charge >= 0.3 is 0 Å². The summed E-state index contributed by atoms with van der Waals surface area (Å²) in [7, 11) is 0. The third-order valence-electron chi connectivity index (χ3n) is 4.40. The molecule has 0 atom stereocenters. The van der Waals surface area contributed by atoms with E-state index in [-0.39, 0.29) is 11.7 Å². The number of thioether (sulfide) groups is 1. The molecule has 1 heterocycles. The second-order valence-corrected chi connectivity index (χ2v) is 7.23. The monoisotopic (exact) mass is 389 g/mol. The molecule has 0 spiro atoms. The molecule has 1 amide bonds. The Morgan fingerprint density at radius 3 is 2.61 bits per heavy atom. The number of anilines is 1. The van der Waals surface area contributed by atoms with Crippen LogP contribution in [0.15, 0.2) is 71.9 Å². The molecule has 140 valence electrons. The lowest BCUT2D eigenvalue weighted by atomic mass is 10.1. The van der Waals surface area contributed by atoms with Gasteiger partial charge in [-0.3, -0.25) is 4.79 Å². The fraction of sp³-hybridized carbons (Fsp3) is 0.143. The third kappa shape index (κ3) is 4.04. The van der Waals surface area contributed by atoms with Gasteiger partial charge in [0, 0.05) is 5.69 Å². The molecule has 28 heavy (non-hydrogen) atoms. The van der Waals surface area contributed by atoms with Gasteiger partial charge in [-0.1, -0.05) is 61.2 Å². The predicted molar refractivity (Wildman–Crippen MR) is 112 cm³/mol. The van der Waals surface area contributed by atoms with E-state index < -0.39 is 0 Å². The van der Waals surface area contributed by atoms with Crippen LogP contribution in [0.5, 0.6) is 0 Å². The lowest BCUT2D eigenvalue weighted by molar-refractivity contribution is -0.113. The topological polar surface area (TPSA) is 72.7 Å². The van der Waals surface area contributed by atoms with Crippen LogP contribution in [0.3, 0.4) is 0 Å². The first-order chi connectivity index (χ1) is 13.7. The first-order valence-corrected chi connectivity index (χ1v) is 10.0. The van der Waals surface area contributed by atoms with E-state index in [1.165, 1.54) is 17.3 Å². The van der Waals surface area contributed by atoms with Gasteiger partial charge < -0.3 is 5.32 Å². The molecule has 0 saturated heterocycles. The molecule has 0 fully saturated rings. The molecule has 4 rings (SSSR count). The van der Waals surface area contributed by atoms with Gasteiger partial charge in [0.25, 0.3) is 0 Å². The summed E-state index contributed by atoms with van der Waals surface area (Å²) >= 11 is 1.30. The number of benzene rings is 3. The first-order valence-electron chi connectivity index (χ1n) is 9.02. The van der Waals surface area contributed by atoms with Crippen LogP contribution in [0.4, 0.5) is 5.69 Å². The van der Waals surface area contributed by atoms with Crippen LogP contribution in [0.2, 0.25) is 0 Å². The summed E-state index contributed by atoms with van der Waals surface area (Å²) in [6, 6.07) is 22.0. The van der Waals surface area contributed by atoms with E-state index in [1.54, 1.807) is 4.68 Å². The number of nitrogens with zero attached hydrogens (tertiary/aromatic N) is 4. The highest BCUT2D eigenvalue weighted by Gasteiger charge is 2.12. The molecule has 6 nitrogen and oxygen atoms in total. The Balaban J connectivity index is 1.41. The summed E-state index contributed by atoms with van der Waals surface area (Å²) in [6.45, 7) is 2.11. The van der Waals surface area contributed by atoms with E-state index in [4.69, 9.17) is 0 Å². The SMILES string of the molecule is CCc1ccc(-n2nnnc2SCC(=O)Nc2ccc3ccccc3c2)cc1.